The summed E-state index contributed by atoms with van der Waals surface area (Å²) in [6.45, 7) is -0.216. The first-order valence-electron chi connectivity index (χ1n) is 8.84. The van der Waals surface area contributed by atoms with Crippen LogP contribution in [0.1, 0.15) is 16.2 Å². The summed E-state index contributed by atoms with van der Waals surface area (Å²) in [5.41, 5.74) is 6.70. The fourth-order valence-electron chi connectivity index (χ4n) is 2.68. The Morgan fingerprint density at radius 2 is 1.67 bits per heavy atom. The maximum absolute atomic E-state index is 12.6. The van der Waals surface area contributed by atoms with E-state index in [-0.39, 0.29) is 41.4 Å². The molecule has 0 aliphatic carbocycles. The van der Waals surface area contributed by atoms with E-state index in [2.05, 4.69) is 20.3 Å². The molecule has 3 rings (SSSR count). The van der Waals surface area contributed by atoms with Gasteiger partial charge in [-0.2, -0.15) is 15.0 Å². The fraction of sp³-hybridized carbons (Fsp3) is 0.200. The molecule has 1 aromatic heterocycles. The number of nitrogens with two attached hydrogens (primary N) is 1. The number of ether oxygens (including phenoxy) is 4. The van der Waals surface area contributed by atoms with E-state index in [1.807, 2.05) is 30.3 Å². The summed E-state index contributed by atoms with van der Waals surface area (Å²) < 4.78 is 21.1. The molecular weight excluding hydrogens is 390 g/mol. The molecule has 0 spiro atoms. The quantitative estimate of drug-likeness (QED) is 0.533. The minimum absolute atomic E-state index is 0.00169. The Labute approximate surface area is 173 Å². The van der Waals surface area contributed by atoms with E-state index >= 15 is 0 Å². The van der Waals surface area contributed by atoms with Gasteiger partial charge in [0.2, 0.25) is 17.6 Å². The zero-order valence-electron chi connectivity index (χ0n) is 16.7. The van der Waals surface area contributed by atoms with Crippen molar-refractivity contribution in [3.05, 3.63) is 53.9 Å². The Hall–Kier alpha value is -4.08. The average molecular weight is 411 g/mol. The van der Waals surface area contributed by atoms with Gasteiger partial charge in [0.1, 0.15) is 5.56 Å². The highest BCUT2D eigenvalue weighted by molar-refractivity contribution is 5.94. The zero-order valence-corrected chi connectivity index (χ0v) is 16.7. The Bertz CT molecular complexity index is 1030. The molecule has 156 valence electrons. The van der Waals surface area contributed by atoms with Gasteiger partial charge in [0.05, 0.1) is 21.3 Å². The summed E-state index contributed by atoms with van der Waals surface area (Å²) in [6.07, 6.45) is 0. The summed E-state index contributed by atoms with van der Waals surface area (Å²) >= 11 is 0. The van der Waals surface area contributed by atoms with E-state index in [1.165, 1.54) is 27.4 Å². The van der Waals surface area contributed by atoms with Crippen LogP contribution in [0.2, 0.25) is 0 Å². The largest absolute Gasteiger partial charge is 0.493 e. The monoisotopic (exact) mass is 411 g/mol. The number of rotatable bonds is 8. The lowest BCUT2D eigenvalue weighted by atomic mass is 10.1. The third kappa shape index (κ3) is 4.66. The Morgan fingerprint density at radius 1 is 0.933 bits per heavy atom. The zero-order chi connectivity index (χ0) is 21.5. The minimum atomic E-state index is -0.649. The van der Waals surface area contributed by atoms with Crippen molar-refractivity contribution in [3.63, 3.8) is 0 Å². The van der Waals surface area contributed by atoms with Gasteiger partial charge in [0.25, 0.3) is 0 Å². The van der Waals surface area contributed by atoms with Crippen LogP contribution in [-0.4, -0.2) is 42.3 Å². The molecule has 0 aliphatic rings. The number of hydrogen-bond acceptors (Lipinski definition) is 10. The van der Waals surface area contributed by atoms with Crippen LogP contribution in [0, 0.1) is 0 Å². The molecule has 0 saturated carbocycles. The van der Waals surface area contributed by atoms with Crippen molar-refractivity contribution in [3.8, 4) is 17.2 Å². The Balaban J connectivity index is 1.76. The molecule has 1 heterocycles. The third-order valence-electron chi connectivity index (χ3n) is 3.99. The summed E-state index contributed by atoms with van der Waals surface area (Å²) in [7, 11) is 4.36. The van der Waals surface area contributed by atoms with Crippen molar-refractivity contribution < 1.29 is 23.7 Å². The highest BCUT2D eigenvalue weighted by Gasteiger charge is 2.22. The molecule has 0 saturated heterocycles. The molecule has 0 atom stereocenters. The topological polar surface area (TPSA) is 131 Å². The first-order chi connectivity index (χ1) is 14.5. The van der Waals surface area contributed by atoms with E-state index in [4.69, 9.17) is 24.7 Å². The number of esters is 1. The van der Waals surface area contributed by atoms with Crippen LogP contribution >= 0.6 is 0 Å². The van der Waals surface area contributed by atoms with Crippen molar-refractivity contribution in [2.75, 3.05) is 32.4 Å². The number of para-hydroxylation sites is 1. The van der Waals surface area contributed by atoms with Crippen LogP contribution in [0.25, 0.3) is 0 Å². The van der Waals surface area contributed by atoms with E-state index < -0.39 is 5.97 Å². The van der Waals surface area contributed by atoms with Crippen LogP contribution in [-0.2, 0) is 11.3 Å². The summed E-state index contributed by atoms with van der Waals surface area (Å²) in [5, 5.41) is 3.02. The summed E-state index contributed by atoms with van der Waals surface area (Å²) in [6, 6.07) is 12.4. The molecule has 0 amide bonds. The first-order valence-corrected chi connectivity index (χ1v) is 8.84. The standard InChI is InChI=1S/C20H21N5O5/c1-27-14-10-9-13(16(28-2)17(14)29-3)18(26)30-11-15-23-19(21)25-20(24-15)22-12-7-5-4-6-8-12/h4-10H,11H2,1-3H3,(H3,21,22,23,24,25). The number of aromatic nitrogens is 3. The lowest BCUT2D eigenvalue weighted by Gasteiger charge is -2.15. The molecule has 3 N–H and O–H groups in total. The van der Waals surface area contributed by atoms with Crippen molar-refractivity contribution in [2.45, 2.75) is 6.61 Å². The van der Waals surface area contributed by atoms with Crippen LogP contribution in [0.3, 0.4) is 0 Å². The number of nitrogens with one attached hydrogen (secondary N) is 1. The minimum Gasteiger partial charge on any atom is -0.493 e. The van der Waals surface area contributed by atoms with Gasteiger partial charge in [-0.3, -0.25) is 0 Å². The van der Waals surface area contributed by atoms with Gasteiger partial charge >= 0.3 is 5.97 Å². The number of benzene rings is 2. The van der Waals surface area contributed by atoms with Crippen LogP contribution < -0.4 is 25.3 Å². The second-order valence-electron chi connectivity index (χ2n) is 5.88. The van der Waals surface area contributed by atoms with Crippen molar-refractivity contribution >= 4 is 23.6 Å². The number of carbonyl (C=O) groups is 1. The highest BCUT2D eigenvalue weighted by Crippen LogP contribution is 2.40. The molecule has 30 heavy (non-hydrogen) atoms. The predicted octanol–water partition coefficient (Wildman–Crippen LogP) is 2.58. The maximum atomic E-state index is 12.6. The molecule has 3 aromatic rings. The van der Waals surface area contributed by atoms with E-state index in [9.17, 15) is 4.79 Å². The van der Waals surface area contributed by atoms with Crippen LogP contribution in [0.15, 0.2) is 42.5 Å². The molecular formula is C20H21N5O5. The molecule has 0 aliphatic heterocycles. The lowest BCUT2D eigenvalue weighted by Crippen LogP contribution is -2.12. The van der Waals surface area contributed by atoms with Gasteiger partial charge in [-0.05, 0) is 24.3 Å². The van der Waals surface area contributed by atoms with Gasteiger partial charge in [0.15, 0.2) is 23.9 Å². The lowest BCUT2D eigenvalue weighted by molar-refractivity contribution is 0.0457. The van der Waals surface area contributed by atoms with Crippen molar-refractivity contribution in [1.29, 1.82) is 0 Å². The number of anilines is 3. The molecule has 10 nitrogen and oxygen atoms in total. The van der Waals surface area contributed by atoms with Gasteiger partial charge < -0.3 is 30.0 Å². The fourth-order valence-corrected chi connectivity index (χ4v) is 2.68. The van der Waals surface area contributed by atoms with E-state index in [0.29, 0.717) is 5.75 Å². The van der Waals surface area contributed by atoms with Gasteiger partial charge in [0, 0.05) is 5.69 Å². The molecule has 0 bridgehead atoms. The summed E-state index contributed by atoms with van der Waals surface area (Å²) in [4.78, 5) is 24.9. The second-order valence-corrected chi connectivity index (χ2v) is 5.88. The van der Waals surface area contributed by atoms with Crippen LogP contribution in [0.4, 0.5) is 17.6 Å². The Kier molecular flexibility index (Phi) is 6.48. The van der Waals surface area contributed by atoms with Crippen molar-refractivity contribution in [2.24, 2.45) is 0 Å². The van der Waals surface area contributed by atoms with Crippen LogP contribution in [0.5, 0.6) is 17.2 Å². The third-order valence-corrected chi connectivity index (χ3v) is 3.99. The maximum Gasteiger partial charge on any atom is 0.342 e. The SMILES string of the molecule is COc1ccc(C(=O)OCc2nc(N)nc(Nc3ccccc3)n2)c(OC)c1OC. The van der Waals surface area contributed by atoms with Gasteiger partial charge in [-0.25, -0.2) is 4.79 Å². The molecule has 0 unspecified atom stereocenters. The van der Waals surface area contributed by atoms with Gasteiger partial charge in [-0.15, -0.1) is 0 Å². The number of nitrogen functional groups attached to an aromatic ring is 1. The van der Waals surface area contributed by atoms with E-state index in [0.717, 1.165) is 5.69 Å². The summed E-state index contributed by atoms with van der Waals surface area (Å²) in [5.74, 6) is 0.684. The Morgan fingerprint density at radius 3 is 2.33 bits per heavy atom. The van der Waals surface area contributed by atoms with Crippen molar-refractivity contribution in [1.82, 2.24) is 15.0 Å². The second kappa shape index (κ2) is 9.41. The number of methoxy groups -OCH3 is 3. The highest BCUT2D eigenvalue weighted by atomic mass is 16.5. The van der Waals surface area contributed by atoms with Gasteiger partial charge in [-0.1, -0.05) is 18.2 Å². The average Bonchev–Trinajstić information content (AvgIpc) is 2.76. The molecule has 0 fully saturated rings. The number of nitrogens with zero attached hydrogens (tertiary/aromatic N) is 3. The molecule has 2 aromatic carbocycles. The first kappa shape index (κ1) is 20.6. The molecule has 0 radical (unpaired) electrons. The normalized spacial score (nSPS) is 10.2. The molecule has 10 heteroatoms. The number of hydrogen-bond donors (Lipinski definition) is 2. The predicted molar refractivity (Wildman–Crippen MR) is 109 cm³/mol. The smallest absolute Gasteiger partial charge is 0.342 e. The number of carbonyl (C=O) groups excluding carboxylic acids is 1. The van der Waals surface area contributed by atoms with E-state index in [1.54, 1.807) is 6.07 Å².